The molecule has 8 heteroatoms. The van der Waals surface area contributed by atoms with E-state index in [1.807, 2.05) is 6.07 Å². The van der Waals surface area contributed by atoms with Crippen LogP contribution in [0.1, 0.15) is 5.56 Å². The zero-order chi connectivity index (χ0) is 15.7. The Labute approximate surface area is 123 Å². The summed E-state index contributed by atoms with van der Waals surface area (Å²) < 4.78 is 28.9. The minimum Gasteiger partial charge on any atom is -0.370 e. The Morgan fingerprint density at radius 2 is 1.95 bits per heavy atom. The fourth-order valence-corrected chi connectivity index (χ4v) is 2.70. The van der Waals surface area contributed by atoms with Crippen molar-refractivity contribution in [3.05, 3.63) is 29.8 Å². The molecule has 3 N–H and O–H groups in total. The highest BCUT2D eigenvalue weighted by atomic mass is 32.2. The lowest BCUT2D eigenvalue weighted by Crippen LogP contribution is -2.27. The van der Waals surface area contributed by atoms with Crippen molar-refractivity contribution in [1.29, 1.82) is 5.26 Å². The normalized spacial score (nSPS) is 11.0. The van der Waals surface area contributed by atoms with Gasteiger partial charge in [-0.1, -0.05) is 0 Å². The maximum Gasteiger partial charge on any atom is 0.243 e. The van der Waals surface area contributed by atoms with Gasteiger partial charge in [-0.25, -0.2) is 8.42 Å². The first kappa shape index (κ1) is 17.1. The number of primary amides is 1. The molecule has 0 heterocycles. The summed E-state index contributed by atoms with van der Waals surface area (Å²) in [6.07, 6.45) is 0. The second kappa shape index (κ2) is 8.36. The van der Waals surface area contributed by atoms with Gasteiger partial charge in [0.05, 0.1) is 28.9 Å². The van der Waals surface area contributed by atoms with Gasteiger partial charge in [0.25, 0.3) is 0 Å². The van der Waals surface area contributed by atoms with Gasteiger partial charge in [-0.3, -0.25) is 4.79 Å². The molecule has 7 nitrogen and oxygen atoms in total. The number of hydrogen-bond acceptors (Lipinski definition) is 6. The third kappa shape index (κ3) is 6.35. The number of nitrogens with one attached hydrogen (secondary N) is 1. The van der Waals surface area contributed by atoms with Crippen LogP contribution >= 0.6 is 0 Å². The van der Waals surface area contributed by atoms with Gasteiger partial charge in [0.15, 0.2) is 9.84 Å². The highest BCUT2D eigenvalue weighted by molar-refractivity contribution is 7.91. The lowest BCUT2D eigenvalue weighted by molar-refractivity contribution is -0.122. The summed E-state index contributed by atoms with van der Waals surface area (Å²) in [5.74, 6) is -0.604. The lowest BCUT2D eigenvalue weighted by Gasteiger charge is -2.06. The Bertz CT molecular complexity index is 605. The second-order valence-electron chi connectivity index (χ2n) is 4.22. The zero-order valence-electron chi connectivity index (χ0n) is 11.4. The Kier molecular flexibility index (Phi) is 6.81. The molecule has 1 aromatic rings. The van der Waals surface area contributed by atoms with E-state index in [4.69, 9.17) is 15.7 Å². The second-order valence-corrected chi connectivity index (χ2v) is 6.33. The van der Waals surface area contributed by atoms with E-state index in [2.05, 4.69) is 5.32 Å². The summed E-state index contributed by atoms with van der Waals surface area (Å²) in [7, 11) is -3.38. The number of sulfone groups is 1. The van der Waals surface area contributed by atoms with E-state index in [1.165, 1.54) is 24.3 Å². The molecule has 0 radical (unpaired) electrons. The number of nitriles is 1. The standard InChI is InChI=1S/C13H17N3O4S/c14-9-11-1-3-12(4-2-11)21(18,19)8-6-16-5-7-20-10-13(15)17/h1-4,16H,5-8,10H2,(H2,15,17). The van der Waals surface area contributed by atoms with E-state index in [9.17, 15) is 13.2 Å². The lowest BCUT2D eigenvalue weighted by atomic mass is 10.2. The van der Waals surface area contributed by atoms with Gasteiger partial charge < -0.3 is 15.8 Å². The molecule has 0 aliphatic rings. The first-order valence-electron chi connectivity index (χ1n) is 6.25. The smallest absolute Gasteiger partial charge is 0.243 e. The molecule has 1 aromatic carbocycles. The molecule has 0 aliphatic heterocycles. The van der Waals surface area contributed by atoms with Crippen LogP contribution in [-0.2, 0) is 19.4 Å². The van der Waals surface area contributed by atoms with E-state index >= 15 is 0 Å². The summed E-state index contributed by atoms with van der Waals surface area (Å²) in [4.78, 5) is 10.6. The van der Waals surface area contributed by atoms with Crippen molar-refractivity contribution in [2.75, 3.05) is 32.1 Å². The van der Waals surface area contributed by atoms with E-state index < -0.39 is 15.7 Å². The first-order valence-corrected chi connectivity index (χ1v) is 7.90. The van der Waals surface area contributed by atoms with Gasteiger partial charge in [-0.2, -0.15) is 5.26 Å². The molecule has 0 aromatic heterocycles. The van der Waals surface area contributed by atoms with Crippen molar-refractivity contribution in [3.63, 3.8) is 0 Å². The third-order valence-corrected chi connectivity index (χ3v) is 4.29. The average molecular weight is 311 g/mol. The van der Waals surface area contributed by atoms with Gasteiger partial charge in [0.2, 0.25) is 5.91 Å². The third-order valence-electron chi connectivity index (χ3n) is 2.56. The highest BCUT2D eigenvalue weighted by Gasteiger charge is 2.13. The van der Waals surface area contributed by atoms with Crippen LogP contribution in [0.2, 0.25) is 0 Å². The van der Waals surface area contributed by atoms with E-state index in [0.29, 0.717) is 12.1 Å². The van der Waals surface area contributed by atoms with Crippen LogP contribution < -0.4 is 11.1 Å². The Balaban J connectivity index is 2.33. The summed E-state index contributed by atoms with van der Waals surface area (Å²) in [5.41, 5.74) is 5.31. The average Bonchev–Trinajstić information content (AvgIpc) is 2.46. The minimum absolute atomic E-state index is 0.0608. The number of rotatable bonds is 9. The molecule has 0 saturated carbocycles. The molecule has 0 spiro atoms. The van der Waals surface area contributed by atoms with Crippen LogP contribution in [-0.4, -0.2) is 46.4 Å². The number of carbonyl (C=O) groups excluding carboxylic acids is 1. The van der Waals surface area contributed by atoms with Crippen molar-refractivity contribution >= 4 is 15.7 Å². The van der Waals surface area contributed by atoms with Crippen molar-refractivity contribution in [1.82, 2.24) is 5.32 Å². The maximum atomic E-state index is 12.0. The molecule has 1 amide bonds. The van der Waals surface area contributed by atoms with Gasteiger partial charge in [-0.05, 0) is 24.3 Å². The van der Waals surface area contributed by atoms with E-state index in [0.717, 1.165) is 0 Å². The van der Waals surface area contributed by atoms with Crippen molar-refractivity contribution in [2.45, 2.75) is 4.90 Å². The number of amides is 1. The number of benzene rings is 1. The molecular formula is C13H17N3O4S. The van der Waals surface area contributed by atoms with Gasteiger partial charge in [0, 0.05) is 13.1 Å². The number of nitrogens with zero attached hydrogens (tertiary/aromatic N) is 1. The fraction of sp³-hybridized carbons (Fsp3) is 0.385. The van der Waals surface area contributed by atoms with E-state index in [1.54, 1.807) is 0 Å². The maximum absolute atomic E-state index is 12.0. The summed E-state index contributed by atoms with van der Waals surface area (Å²) >= 11 is 0. The predicted octanol–water partition coefficient (Wildman–Crippen LogP) is -0.577. The van der Waals surface area contributed by atoms with Crippen LogP contribution in [0.15, 0.2) is 29.2 Å². The largest absolute Gasteiger partial charge is 0.370 e. The molecule has 0 fully saturated rings. The van der Waals surface area contributed by atoms with Gasteiger partial charge >= 0.3 is 0 Å². The molecule has 0 unspecified atom stereocenters. The van der Waals surface area contributed by atoms with Gasteiger partial charge in [-0.15, -0.1) is 0 Å². The zero-order valence-corrected chi connectivity index (χ0v) is 12.2. The molecule has 0 saturated heterocycles. The summed E-state index contributed by atoms with van der Waals surface area (Å²) in [5, 5.41) is 11.6. The van der Waals surface area contributed by atoms with Gasteiger partial charge in [0.1, 0.15) is 6.61 Å². The molecular weight excluding hydrogens is 294 g/mol. The topological polar surface area (TPSA) is 122 Å². The van der Waals surface area contributed by atoms with Crippen LogP contribution in [0.25, 0.3) is 0 Å². The molecule has 0 aliphatic carbocycles. The van der Waals surface area contributed by atoms with Crippen LogP contribution in [0, 0.1) is 11.3 Å². The SMILES string of the molecule is N#Cc1ccc(S(=O)(=O)CCNCCOCC(N)=O)cc1. The van der Waals surface area contributed by atoms with Crippen molar-refractivity contribution in [3.8, 4) is 6.07 Å². The first-order chi connectivity index (χ1) is 9.95. The summed E-state index contributed by atoms with van der Waals surface area (Å²) in [6, 6.07) is 7.71. The monoisotopic (exact) mass is 311 g/mol. The molecule has 1 rings (SSSR count). The fourth-order valence-electron chi connectivity index (χ4n) is 1.50. The summed E-state index contributed by atoms with van der Waals surface area (Å²) in [6.45, 7) is 0.823. The Morgan fingerprint density at radius 1 is 1.29 bits per heavy atom. The quantitative estimate of drug-likeness (QED) is 0.588. The Hall–Kier alpha value is -1.95. The number of ether oxygens (including phenoxy) is 1. The van der Waals surface area contributed by atoms with Crippen molar-refractivity contribution in [2.24, 2.45) is 5.73 Å². The molecule has 0 bridgehead atoms. The predicted molar refractivity (Wildman–Crippen MR) is 76.1 cm³/mol. The van der Waals surface area contributed by atoms with Crippen LogP contribution in [0.4, 0.5) is 0 Å². The van der Waals surface area contributed by atoms with E-state index in [-0.39, 0.29) is 30.4 Å². The van der Waals surface area contributed by atoms with Crippen LogP contribution in [0.5, 0.6) is 0 Å². The number of carbonyl (C=O) groups is 1. The number of nitrogens with two attached hydrogens (primary N) is 1. The van der Waals surface area contributed by atoms with Crippen molar-refractivity contribution < 1.29 is 17.9 Å². The highest BCUT2D eigenvalue weighted by Crippen LogP contribution is 2.11. The van der Waals surface area contributed by atoms with Crippen LogP contribution in [0.3, 0.4) is 0 Å². The Morgan fingerprint density at radius 3 is 2.52 bits per heavy atom. The molecule has 21 heavy (non-hydrogen) atoms. The number of hydrogen-bond donors (Lipinski definition) is 2. The molecule has 114 valence electrons. The molecule has 0 atom stereocenters. The minimum atomic E-state index is -3.38.